The Balaban J connectivity index is 1.96. The quantitative estimate of drug-likeness (QED) is 0.599. The third-order valence-corrected chi connectivity index (χ3v) is 4.99. The number of primary amides is 1. The van der Waals surface area contributed by atoms with E-state index in [-0.39, 0.29) is 18.3 Å². The summed E-state index contributed by atoms with van der Waals surface area (Å²) in [6, 6.07) is 12.6. The number of nitrogens with two attached hydrogens (primary N) is 1. The zero-order valence-electron chi connectivity index (χ0n) is 12.4. The molecule has 2 aromatic rings. The number of nitrogens with one attached hydrogen (secondary N) is 1. The normalized spacial score (nSPS) is 10.2. The van der Waals surface area contributed by atoms with Crippen molar-refractivity contribution in [1.29, 1.82) is 0 Å². The van der Waals surface area contributed by atoms with E-state index in [1.807, 2.05) is 24.3 Å². The molecule has 2 aromatic carbocycles. The molecule has 2 rings (SSSR count). The molecule has 2 amide bonds. The Labute approximate surface area is 160 Å². The Morgan fingerprint density at radius 2 is 1.92 bits per heavy atom. The molecule has 3 N–H and O–H groups in total. The van der Waals surface area contributed by atoms with Gasteiger partial charge in [0.05, 0.1) is 15.9 Å². The van der Waals surface area contributed by atoms with Crippen molar-refractivity contribution in [2.24, 2.45) is 5.73 Å². The van der Waals surface area contributed by atoms with Crippen LogP contribution in [-0.2, 0) is 9.59 Å². The summed E-state index contributed by atoms with van der Waals surface area (Å²) < 4.78 is 7.16. The maximum absolute atomic E-state index is 12.1. The van der Waals surface area contributed by atoms with E-state index in [1.165, 1.54) is 11.8 Å². The first-order valence-corrected chi connectivity index (χ1v) is 9.40. The zero-order valence-corrected chi connectivity index (χ0v) is 16.4. The van der Waals surface area contributed by atoms with Crippen LogP contribution >= 0.6 is 43.6 Å². The number of ether oxygens (including phenoxy) is 1. The van der Waals surface area contributed by atoms with Gasteiger partial charge in [0, 0.05) is 9.37 Å². The molecule has 0 saturated heterocycles. The van der Waals surface area contributed by atoms with Crippen LogP contribution in [0.4, 0.5) is 5.69 Å². The number of rotatable bonds is 7. The summed E-state index contributed by atoms with van der Waals surface area (Å²) in [5.41, 5.74) is 5.77. The Bertz CT molecular complexity index is 756. The van der Waals surface area contributed by atoms with Crippen LogP contribution in [0.5, 0.6) is 5.75 Å². The number of carbonyl (C=O) groups is 2. The predicted octanol–water partition coefficient (Wildman–Crippen LogP) is 3.81. The number of thioether (sulfide) groups is 1. The molecule has 0 aromatic heterocycles. The van der Waals surface area contributed by atoms with Crippen molar-refractivity contribution in [1.82, 2.24) is 0 Å². The second-order valence-electron chi connectivity index (χ2n) is 4.66. The van der Waals surface area contributed by atoms with Crippen LogP contribution in [-0.4, -0.2) is 24.2 Å². The highest BCUT2D eigenvalue weighted by molar-refractivity contribution is 9.11. The first-order chi connectivity index (χ1) is 11.5. The minimum absolute atomic E-state index is 0.130. The lowest BCUT2D eigenvalue weighted by Gasteiger charge is -2.11. The predicted molar refractivity (Wildman–Crippen MR) is 102 cm³/mol. The van der Waals surface area contributed by atoms with Gasteiger partial charge in [-0.15, -0.1) is 11.8 Å². The van der Waals surface area contributed by atoms with Crippen LogP contribution in [0, 0.1) is 0 Å². The van der Waals surface area contributed by atoms with Crippen LogP contribution < -0.4 is 15.8 Å². The summed E-state index contributed by atoms with van der Waals surface area (Å²) in [7, 11) is 0. The fourth-order valence-electron chi connectivity index (χ4n) is 1.77. The van der Waals surface area contributed by atoms with Gasteiger partial charge in [-0.3, -0.25) is 9.59 Å². The monoisotopic (exact) mass is 472 g/mol. The molecule has 0 atom stereocenters. The van der Waals surface area contributed by atoms with Gasteiger partial charge in [-0.1, -0.05) is 28.1 Å². The smallest absolute Gasteiger partial charge is 0.262 e. The summed E-state index contributed by atoms with van der Waals surface area (Å²) >= 11 is 8.00. The summed E-state index contributed by atoms with van der Waals surface area (Å²) in [5.74, 6) is 0.0149. The van der Waals surface area contributed by atoms with Crippen molar-refractivity contribution in [2.75, 3.05) is 17.7 Å². The number of para-hydroxylation sites is 1. The lowest BCUT2D eigenvalue weighted by molar-refractivity contribution is -0.118. The summed E-state index contributed by atoms with van der Waals surface area (Å²) in [6.45, 7) is -0.130. The van der Waals surface area contributed by atoms with Gasteiger partial charge in [-0.25, -0.2) is 0 Å². The Kier molecular flexibility index (Phi) is 7.14. The molecule has 24 heavy (non-hydrogen) atoms. The van der Waals surface area contributed by atoms with Crippen molar-refractivity contribution in [3.63, 3.8) is 0 Å². The van der Waals surface area contributed by atoms with E-state index in [9.17, 15) is 9.59 Å². The molecule has 0 heterocycles. The van der Waals surface area contributed by atoms with Gasteiger partial charge in [-0.05, 0) is 46.3 Å². The number of carbonyl (C=O) groups excluding carboxylic acids is 2. The molecule has 0 aliphatic rings. The molecule has 8 heteroatoms. The molecular formula is C16H14Br2N2O3S. The van der Waals surface area contributed by atoms with Gasteiger partial charge in [-0.2, -0.15) is 0 Å². The highest BCUT2D eigenvalue weighted by Gasteiger charge is 2.10. The summed E-state index contributed by atoms with van der Waals surface area (Å²) in [4.78, 5) is 23.8. The molecule has 126 valence electrons. The average Bonchev–Trinajstić information content (AvgIpc) is 2.53. The molecule has 0 radical (unpaired) electrons. The maximum Gasteiger partial charge on any atom is 0.262 e. The SMILES string of the molecule is NC(=O)CSc1ccccc1NC(=O)COc1ccc(Br)cc1Br. The minimum atomic E-state index is -0.412. The Hall–Kier alpha value is -1.51. The summed E-state index contributed by atoms with van der Waals surface area (Å²) in [6.07, 6.45) is 0. The number of anilines is 1. The van der Waals surface area contributed by atoms with Crippen molar-refractivity contribution in [3.05, 3.63) is 51.4 Å². The second kappa shape index (κ2) is 9.10. The number of halogens is 2. The topological polar surface area (TPSA) is 81.4 Å². The fraction of sp³-hybridized carbons (Fsp3) is 0.125. The molecule has 0 spiro atoms. The average molecular weight is 474 g/mol. The number of benzene rings is 2. The highest BCUT2D eigenvalue weighted by Crippen LogP contribution is 2.29. The molecule has 0 saturated carbocycles. The van der Waals surface area contributed by atoms with Crippen molar-refractivity contribution < 1.29 is 14.3 Å². The lowest BCUT2D eigenvalue weighted by Crippen LogP contribution is -2.20. The van der Waals surface area contributed by atoms with Gasteiger partial charge in [0.25, 0.3) is 5.91 Å². The zero-order chi connectivity index (χ0) is 17.5. The molecule has 0 aliphatic heterocycles. The standard InChI is InChI=1S/C16H14Br2N2O3S/c17-10-5-6-13(11(18)7-10)23-8-16(22)20-12-3-1-2-4-14(12)24-9-15(19)21/h1-7H,8-9H2,(H2,19,21)(H,20,22). The molecule has 0 aliphatic carbocycles. The van der Waals surface area contributed by atoms with Crippen LogP contribution in [0.15, 0.2) is 56.3 Å². The van der Waals surface area contributed by atoms with Gasteiger partial charge in [0.1, 0.15) is 5.75 Å². The Morgan fingerprint density at radius 1 is 1.17 bits per heavy atom. The maximum atomic E-state index is 12.1. The highest BCUT2D eigenvalue weighted by atomic mass is 79.9. The van der Waals surface area contributed by atoms with Gasteiger partial charge in [0.2, 0.25) is 5.91 Å². The van der Waals surface area contributed by atoms with Crippen LogP contribution in [0.25, 0.3) is 0 Å². The lowest BCUT2D eigenvalue weighted by atomic mass is 10.3. The Morgan fingerprint density at radius 3 is 2.62 bits per heavy atom. The number of amides is 2. The van der Waals surface area contributed by atoms with E-state index in [4.69, 9.17) is 10.5 Å². The van der Waals surface area contributed by atoms with Crippen LogP contribution in [0.3, 0.4) is 0 Å². The second-order valence-corrected chi connectivity index (χ2v) is 7.45. The van der Waals surface area contributed by atoms with Gasteiger partial charge in [0.15, 0.2) is 6.61 Å². The van der Waals surface area contributed by atoms with E-state index >= 15 is 0 Å². The van der Waals surface area contributed by atoms with Crippen LogP contribution in [0.1, 0.15) is 0 Å². The minimum Gasteiger partial charge on any atom is -0.483 e. The van der Waals surface area contributed by atoms with E-state index in [2.05, 4.69) is 37.2 Å². The first-order valence-electron chi connectivity index (χ1n) is 6.83. The van der Waals surface area contributed by atoms with Crippen molar-refractivity contribution >= 4 is 61.1 Å². The molecule has 5 nitrogen and oxygen atoms in total. The first kappa shape index (κ1) is 18.8. The van der Waals surface area contributed by atoms with E-state index in [0.29, 0.717) is 11.4 Å². The number of hydrogen-bond acceptors (Lipinski definition) is 4. The van der Waals surface area contributed by atoms with E-state index in [0.717, 1.165) is 13.8 Å². The van der Waals surface area contributed by atoms with Crippen molar-refractivity contribution in [2.45, 2.75) is 4.90 Å². The van der Waals surface area contributed by atoms with Crippen LogP contribution in [0.2, 0.25) is 0 Å². The third kappa shape index (κ3) is 5.85. The molecule has 0 bridgehead atoms. The number of hydrogen-bond donors (Lipinski definition) is 2. The third-order valence-electron chi connectivity index (χ3n) is 2.78. The molecule has 0 fully saturated rings. The largest absolute Gasteiger partial charge is 0.483 e. The van der Waals surface area contributed by atoms with E-state index in [1.54, 1.807) is 18.2 Å². The van der Waals surface area contributed by atoms with Crippen molar-refractivity contribution in [3.8, 4) is 5.75 Å². The van der Waals surface area contributed by atoms with Gasteiger partial charge >= 0.3 is 0 Å². The van der Waals surface area contributed by atoms with E-state index < -0.39 is 5.91 Å². The van der Waals surface area contributed by atoms with Gasteiger partial charge < -0.3 is 15.8 Å². The summed E-state index contributed by atoms with van der Waals surface area (Å²) in [5, 5.41) is 2.77. The molecule has 0 unspecified atom stereocenters. The molecular weight excluding hydrogens is 460 g/mol. The fourth-order valence-corrected chi connectivity index (χ4v) is 3.68.